The summed E-state index contributed by atoms with van der Waals surface area (Å²) < 4.78 is 5.08. The van der Waals surface area contributed by atoms with Crippen LogP contribution in [-0.4, -0.2) is 48.5 Å². The quantitative estimate of drug-likeness (QED) is 0.782. The SMILES string of the molecule is COc1ccc(NC(=O)CN2N=NC3C(=O)N(c4ccc(C)cc4)C(=O)C32)cc1. The van der Waals surface area contributed by atoms with E-state index >= 15 is 0 Å². The minimum absolute atomic E-state index is 0.197. The number of amides is 3. The molecule has 0 radical (unpaired) electrons. The number of hydrogen-bond acceptors (Lipinski definition) is 7. The van der Waals surface area contributed by atoms with Gasteiger partial charge in [-0.15, -0.1) is 0 Å². The van der Waals surface area contributed by atoms with Gasteiger partial charge in [0.15, 0.2) is 12.1 Å². The summed E-state index contributed by atoms with van der Waals surface area (Å²) in [5, 5.41) is 11.8. The van der Waals surface area contributed by atoms with Crippen molar-refractivity contribution in [3.63, 3.8) is 0 Å². The van der Waals surface area contributed by atoms with Gasteiger partial charge in [0.25, 0.3) is 11.8 Å². The molecule has 0 saturated carbocycles. The maximum atomic E-state index is 12.9. The van der Waals surface area contributed by atoms with Gasteiger partial charge in [-0.25, -0.2) is 4.90 Å². The molecular formula is C20H19N5O4. The summed E-state index contributed by atoms with van der Waals surface area (Å²) in [4.78, 5) is 39.1. The average Bonchev–Trinajstić information content (AvgIpc) is 3.23. The summed E-state index contributed by atoms with van der Waals surface area (Å²) in [7, 11) is 1.56. The molecule has 2 aromatic rings. The van der Waals surface area contributed by atoms with Gasteiger partial charge in [0.2, 0.25) is 5.91 Å². The molecular weight excluding hydrogens is 374 g/mol. The van der Waals surface area contributed by atoms with Crippen LogP contribution in [0.4, 0.5) is 11.4 Å². The number of fused-ring (bicyclic) bond motifs is 1. The Hall–Kier alpha value is -3.75. The minimum atomic E-state index is -0.933. The van der Waals surface area contributed by atoms with Gasteiger partial charge in [-0.1, -0.05) is 22.9 Å². The molecule has 2 atom stereocenters. The number of imide groups is 1. The molecule has 2 aromatic carbocycles. The van der Waals surface area contributed by atoms with Crippen LogP contribution in [0.5, 0.6) is 5.75 Å². The first-order valence-corrected chi connectivity index (χ1v) is 9.04. The normalized spacial score (nSPS) is 20.2. The van der Waals surface area contributed by atoms with E-state index in [0.717, 1.165) is 10.5 Å². The zero-order valence-electron chi connectivity index (χ0n) is 15.9. The van der Waals surface area contributed by atoms with Crippen molar-refractivity contribution >= 4 is 29.1 Å². The lowest BCUT2D eigenvalue weighted by atomic mass is 10.1. The highest BCUT2D eigenvalue weighted by Gasteiger charge is 2.55. The van der Waals surface area contributed by atoms with E-state index in [1.807, 2.05) is 19.1 Å². The predicted octanol–water partition coefficient (Wildman–Crippen LogP) is 1.94. The van der Waals surface area contributed by atoms with Crippen LogP contribution in [0.1, 0.15) is 5.56 Å². The summed E-state index contributed by atoms with van der Waals surface area (Å²) in [6.07, 6.45) is 0. The lowest BCUT2D eigenvalue weighted by Gasteiger charge is -2.20. The number of nitrogens with one attached hydrogen (secondary N) is 1. The molecule has 9 heteroatoms. The van der Waals surface area contributed by atoms with Crippen LogP contribution in [0, 0.1) is 6.92 Å². The first-order chi connectivity index (χ1) is 14.0. The van der Waals surface area contributed by atoms with E-state index in [1.54, 1.807) is 43.5 Å². The Kier molecular flexibility index (Phi) is 4.71. The second-order valence-electron chi connectivity index (χ2n) is 6.82. The van der Waals surface area contributed by atoms with Gasteiger partial charge >= 0.3 is 0 Å². The van der Waals surface area contributed by atoms with E-state index < -0.39 is 23.9 Å². The summed E-state index contributed by atoms with van der Waals surface area (Å²) in [6.45, 7) is 1.72. The number of ether oxygens (including phenoxy) is 1. The van der Waals surface area contributed by atoms with E-state index in [-0.39, 0.29) is 12.5 Å². The second-order valence-corrected chi connectivity index (χ2v) is 6.82. The van der Waals surface area contributed by atoms with Crippen LogP contribution in [0.3, 0.4) is 0 Å². The molecule has 2 unspecified atom stereocenters. The largest absolute Gasteiger partial charge is 0.497 e. The molecule has 2 aliphatic heterocycles. The van der Waals surface area contributed by atoms with Gasteiger partial charge in [0.05, 0.1) is 12.8 Å². The van der Waals surface area contributed by atoms with Crippen LogP contribution in [0.25, 0.3) is 0 Å². The molecule has 0 aromatic heterocycles. The Labute approximate surface area is 166 Å². The van der Waals surface area contributed by atoms with Crippen molar-refractivity contribution in [2.45, 2.75) is 19.0 Å². The summed E-state index contributed by atoms with van der Waals surface area (Å²) in [5.74, 6) is -0.578. The molecule has 0 aliphatic carbocycles. The lowest BCUT2D eigenvalue weighted by Crippen LogP contribution is -2.43. The Bertz CT molecular complexity index is 987. The number of carbonyl (C=O) groups excluding carboxylic acids is 3. The number of nitrogens with zero attached hydrogens (tertiary/aromatic N) is 4. The number of benzene rings is 2. The Morgan fingerprint density at radius 3 is 2.41 bits per heavy atom. The van der Waals surface area contributed by atoms with Crippen molar-refractivity contribution in [1.82, 2.24) is 5.01 Å². The van der Waals surface area contributed by atoms with Gasteiger partial charge in [-0.05, 0) is 43.3 Å². The van der Waals surface area contributed by atoms with Crippen LogP contribution in [0.2, 0.25) is 0 Å². The first-order valence-electron chi connectivity index (χ1n) is 9.04. The summed E-state index contributed by atoms with van der Waals surface area (Å²) >= 11 is 0. The van der Waals surface area contributed by atoms with Crippen LogP contribution < -0.4 is 15.0 Å². The first kappa shape index (κ1) is 18.6. The zero-order chi connectivity index (χ0) is 20.5. The topological polar surface area (TPSA) is 104 Å². The smallest absolute Gasteiger partial charge is 0.263 e. The Morgan fingerprint density at radius 2 is 1.76 bits per heavy atom. The number of methoxy groups -OCH3 is 1. The van der Waals surface area contributed by atoms with Crippen molar-refractivity contribution in [3.8, 4) is 5.75 Å². The number of hydrogen-bond donors (Lipinski definition) is 1. The third-order valence-electron chi connectivity index (χ3n) is 4.83. The standard InChI is InChI=1S/C20H19N5O4/c1-12-3-7-14(8-4-12)25-19(27)17-18(20(25)28)24(23-22-17)11-16(26)21-13-5-9-15(29-2)10-6-13/h3-10,17-18H,11H2,1-2H3,(H,21,26). The van der Waals surface area contributed by atoms with Gasteiger partial charge < -0.3 is 10.1 Å². The molecule has 1 saturated heterocycles. The Morgan fingerprint density at radius 1 is 1.07 bits per heavy atom. The molecule has 3 amide bonds. The predicted molar refractivity (Wildman–Crippen MR) is 104 cm³/mol. The summed E-state index contributed by atoms with van der Waals surface area (Å²) in [6, 6.07) is 12.1. The third-order valence-corrected chi connectivity index (χ3v) is 4.83. The maximum Gasteiger partial charge on any atom is 0.263 e. The molecule has 1 fully saturated rings. The highest BCUT2D eigenvalue weighted by Crippen LogP contribution is 2.31. The fraction of sp³-hybridized carbons (Fsp3) is 0.250. The molecule has 0 spiro atoms. The van der Waals surface area contributed by atoms with E-state index in [4.69, 9.17) is 4.74 Å². The molecule has 2 heterocycles. The zero-order valence-corrected chi connectivity index (χ0v) is 15.9. The monoisotopic (exact) mass is 393 g/mol. The van der Waals surface area contributed by atoms with Crippen molar-refractivity contribution in [3.05, 3.63) is 54.1 Å². The number of rotatable bonds is 5. The molecule has 0 bridgehead atoms. The van der Waals surface area contributed by atoms with Crippen molar-refractivity contribution in [2.24, 2.45) is 10.3 Å². The fourth-order valence-corrected chi connectivity index (χ4v) is 3.32. The van der Waals surface area contributed by atoms with Crippen molar-refractivity contribution in [2.75, 3.05) is 23.9 Å². The molecule has 9 nitrogen and oxygen atoms in total. The minimum Gasteiger partial charge on any atom is -0.497 e. The highest BCUT2D eigenvalue weighted by molar-refractivity contribution is 6.25. The molecule has 29 heavy (non-hydrogen) atoms. The molecule has 2 aliphatic rings. The van der Waals surface area contributed by atoms with Gasteiger partial charge in [-0.3, -0.25) is 19.4 Å². The molecule has 148 valence electrons. The van der Waals surface area contributed by atoms with Crippen molar-refractivity contribution in [1.29, 1.82) is 0 Å². The third kappa shape index (κ3) is 3.42. The maximum absolute atomic E-state index is 12.9. The van der Waals surface area contributed by atoms with Gasteiger partial charge in [0.1, 0.15) is 12.3 Å². The van der Waals surface area contributed by atoms with Crippen molar-refractivity contribution < 1.29 is 19.1 Å². The fourth-order valence-electron chi connectivity index (χ4n) is 3.32. The highest BCUT2D eigenvalue weighted by atomic mass is 16.5. The van der Waals surface area contributed by atoms with Crippen LogP contribution in [0.15, 0.2) is 58.9 Å². The molecule has 4 rings (SSSR count). The Balaban J connectivity index is 1.45. The lowest BCUT2D eigenvalue weighted by molar-refractivity contribution is -0.123. The molecule has 1 N–H and O–H groups in total. The summed E-state index contributed by atoms with van der Waals surface area (Å²) in [5.41, 5.74) is 2.08. The average molecular weight is 393 g/mol. The van der Waals surface area contributed by atoms with E-state index in [1.165, 1.54) is 5.01 Å². The second kappa shape index (κ2) is 7.34. The number of carbonyl (C=O) groups is 3. The van der Waals surface area contributed by atoms with Crippen LogP contribution >= 0.6 is 0 Å². The van der Waals surface area contributed by atoms with E-state index in [0.29, 0.717) is 17.1 Å². The van der Waals surface area contributed by atoms with Crippen LogP contribution in [-0.2, 0) is 14.4 Å². The van der Waals surface area contributed by atoms with E-state index in [9.17, 15) is 14.4 Å². The number of aryl methyl sites for hydroxylation is 1. The number of anilines is 2. The van der Waals surface area contributed by atoms with Gasteiger partial charge in [-0.2, -0.15) is 5.11 Å². The van der Waals surface area contributed by atoms with E-state index in [2.05, 4.69) is 15.7 Å². The van der Waals surface area contributed by atoms with Gasteiger partial charge in [0, 0.05) is 5.69 Å².